The molecule has 0 aliphatic carbocycles. The molecular formula is C22H22N4O4. The first-order chi connectivity index (χ1) is 14.5. The minimum absolute atomic E-state index is 0.0573. The molecule has 154 valence electrons. The number of carbonyl (C=O) groups is 2. The average Bonchev–Trinajstić information content (AvgIpc) is 3.00. The van der Waals surface area contributed by atoms with Crippen LogP contribution in [0.2, 0.25) is 0 Å². The number of imide groups is 1. The van der Waals surface area contributed by atoms with E-state index in [1.807, 2.05) is 4.90 Å². The summed E-state index contributed by atoms with van der Waals surface area (Å²) in [4.78, 5) is 44.4. The zero-order valence-corrected chi connectivity index (χ0v) is 16.7. The molecule has 1 aromatic carbocycles. The summed E-state index contributed by atoms with van der Waals surface area (Å²) in [7, 11) is 0. The molecule has 1 aromatic heterocycles. The number of nitro benzene ring substituents is 1. The van der Waals surface area contributed by atoms with E-state index in [9.17, 15) is 19.7 Å². The molecule has 8 nitrogen and oxygen atoms in total. The van der Waals surface area contributed by atoms with Gasteiger partial charge in [-0.25, -0.2) is 0 Å². The number of non-ortho nitro benzene ring substituents is 1. The van der Waals surface area contributed by atoms with Crippen molar-refractivity contribution in [3.63, 3.8) is 0 Å². The first-order valence-corrected chi connectivity index (χ1v) is 9.95. The molecular weight excluding hydrogens is 384 g/mol. The Labute approximate surface area is 174 Å². The number of likely N-dealkylation sites (tertiary alicyclic amines) is 1. The molecule has 1 saturated heterocycles. The van der Waals surface area contributed by atoms with Crippen molar-refractivity contribution in [3.8, 4) is 0 Å². The Morgan fingerprint density at radius 2 is 1.67 bits per heavy atom. The van der Waals surface area contributed by atoms with E-state index in [4.69, 9.17) is 0 Å². The predicted octanol–water partition coefficient (Wildman–Crippen LogP) is 3.00. The second-order valence-electron chi connectivity index (χ2n) is 7.75. The first kappa shape index (κ1) is 19.8. The number of pyridine rings is 1. The van der Waals surface area contributed by atoms with Crippen LogP contribution < -0.4 is 0 Å². The SMILES string of the molecule is CC1CCN(C2=C(c3ccc([N+](=O)[O-])cc3)C(=O)N(Cc3ccncc3)C2=O)CC1. The number of amides is 2. The highest BCUT2D eigenvalue weighted by molar-refractivity contribution is 6.35. The van der Waals surface area contributed by atoms with E-state index >= 15 is 0 Å². The maximum atomic E-state index is 13.3. The van der Waals surface area contributed by atoms with Gasteiger partial charge in [0, 0.05) is 37.6 Å². The summed E-state index contributed by atoms with van der Waals surface area (Å²) in [6.45, 7) is 3.74. The van der Waals surface area contributed by atoms with Crippen molar-refractivity contribution >= 4 is 23.1 Å². The maximum Gasteiger partial charge on any atom is 0.278 e. The van der Waals surface area contributed by atoms with Gasteiger partial charge >= 0.3 is 0 Å². The number of benzene rings is 1. The molecule has 0 N–H and O–H groups in total. The largest absolute Gasteiger partial charge is 0.366 e. The lowest BCUT2D eigenvalue weighted by molar-refractivity contribution is -0.384. The van der Waals surface area contributed by atoms with Crippen LogP contribution in [0, 0.1) is 16.0 Å². The molecule has 4 rings (SSSR count). The van der Waals surface area contributed by atoms with Crippen LogP contribution in [0.3, 0.4) is 0 Å². The highest BCUT2D eigenvalue weighted by Crippen LogP contribution is 2.35. The van der Waals surface area contributed by atoms with Gasteiger partial charge in [0.1, 0.15) is 5.70 Å². The Balaban J connectivity index is 1.73. The molecule has 0 radical (unpaired) electrons. The van der Waals surface area contributed by atoms with E-state index in [1.54, 1.807) is 36.7 Å². The summed E-state index contributed by atoms with van der Waals surface area (Å²) in [5, 5.41) is 11.0. The van der Waals surface area contributed by atoms with E-state index in [0.717, 1.165) is 18.4 Å². The second kappa shape index (κ2) is 8.06. The zero-order chi connectivity index (χ0) is 21.3. The fourth-order valence-electron chi connectivity index (χ4n) is 3.91. The number of rotatable bonds is 5. The summed E-state index contributed by atoms with van der Waals surface area (Å²) in [5.41, 5.74) is 1.99. The van der Waals surface area contributed by atoms with Gasteiger partial charge in [-0.1, -0.05) is 6.92 Å². The van der Waals surface area contributed by atoms with Gasteiger partial charge in [0.25, 0.3) is 17.5 Å². The second-order valence-corrected chi connectivity index (χ2v) is 7.75. The fourth-order valence-corrected chi connectivity index (χ4v) is 3.91. The monoisotopic (exact) mass is 406 g/mol. The lowest BCUT2D eigenvalue weighted by Gasteiger charge is -2.32. The van der Waals surface area contributed by atoms with Crippen molar-refractivity contribution in [1.29, 1.82) is 0 Å². The van der Waals surface area contributed by atoms with E-state index in [1.165, 1.54) is 17.0 Å². The molecule has 8 heteroatoms. The number of hydrogen-bond donors (Lipinski definition) is 0. The van der Waals surface area contributed by atoms with Crippen LogP contribution in [0.1, 0.15) is 30.9 Å². The van der Waals surface area contributed by atoms with E-state index in [0.29, 0.717) is 35.8 Å². The highest BCUT2D eigenvalue weighted by atomic mass is 16.6. The quantitative estimate of drug-likeness (QED) is 0.430. The molecule has 1 fully saturated rings. The van der Waals surface area contributed by atoms with Crippen molar-refractivity contribution in [2.24, 2.45) is 5.92 Å². The maximum absolute atomic E-state index is 13.3. The number of carbonyl (C=O) groups excluding carboxylic acids is 2. The van der Waals surface area contributed by atoms with Gasteiger partial charge in [-0.05, 0) is 54.2 Å². The molecule has 0 atom stereocenters. The molecule has 0 bridgehead atoms. The zero-order valence-electron chi connectivity index (χ0n) is 16.7. The Bertz CT molecular complexity index is 1010. The minimum atomic E-state index is -0.484. The van der Waals surface area contributed by atoms with Gasteiger partial charge < -0.3 is 4.90 Å². The number of nitrogens with zero attached hydrogens (tertiary/aromatic N) is 4. The Kier molecular flexibility index (Phi) is 5.31. The van der Waals surface area contributed by atoms with Crippen LogP contribution in [0.15, 0.2) is 54.5 Å². The number of hydrogen-bond acceptors (Lipinski definition) is 6. The van der Waals surface area contributed by atoms with Crippen LogP contribution in [-0.4, -0.2) is 44.6 Å². The van der Waals surface area contributed by atoms with Gasteiger partial charge in [-0.15, -0.1) is 0 Å². The Hall–Kier alpha value is -3.55. The standard InChI is InChI=1S/C22H22N4O4/c1-15-8-12-24(13-9-15)20-19(17-2-4-18(5-3-17)26(29)30)21(27)25(22(20)28)14-16-6-10-23-11-7-16/h2-7,10-11,15H,8-9,12-14H2,1H3. The van der Waals surface area contributed by atoms with Crippen molar-refractivity contribution in [2.45, 2.75) is 26.3 Å². The van der Waals surface area contributed by atoms with Crippen LogP contribution >= 0.6 is 0 Å². The van der Waals surface area contributed by atoms with Gasteiger partial charge in [0.15, 0.2) is 0 Å². The first-order valence-electron chi connectivity index (χ1n) is 9.95. The molecule has 2 amide bonds. The molecule has 2 aromatic rings. The third-order valence-electron chi connectivity index (χ3n) is 5.70. The molecule has 2 aliphatic rings. The predicted molar refractivity (Wildman–Crippen MR) is 110 cm³/mol. The Morgan fingerprint density at radius 3 is 2.27 bits per heavy atom. The summed E-state index contributed by atoms with van der Waals surface area (Å²) < 4.78 is 0. The van der Waals surface area contributed by atoms with E-state index < -0.39 is 4.92 Å². The summed E-state index contributed by atoms with van der Waals surface area (Å²) in [6, 6.07) is 9.35. The molecule has 2 aliphatic heterocycles. The molecule has 30 heavy (non-hydrogen) atoms. The van der Waals surface area contributed by atoms with Crippen molar-refractivity contribution in [3.05, 3.63) is 75.7 Å². The van der Waals surface area contributed by atoms with Crippen molar-refractivity contribution in [2.75, 3.05) is 13.1 Å². The average molecular weight is 406 g/mol. The third kappa shape index (κ3) is 3.68. The number of nitro groups is 1. The lowest BCUT2D eigenvalue weighted by Crippen LogP contribution is -2.38. The van der Waals surface area contributed by atoms with Crippen LogP contribution in [-0.2, 0) is 16.1 Å². The smallest absolute Gasteiger partial charge is 0.278 e. The van der Waals surface area contributed by atoms with Crippen LogP contribution in [0.25, 0.3) is 5.57 Å². The van der Waals surface area contributed by atoms with Crippen LogP contribution in [0.4, 0.5) is 5.69 Å². The molecule has 0 spiro atoms. The number of aromatic nitrogens is 1. The summed E-state index contributed by atoms with van der Waals surface area (Å²) >= 11 is 0. The Morgan fingerprint density at radius 1 is 1.03 bits per heavy atom. The van der Waals surface area contributed by atoms with Gasteiger partial charge in [-0.2, -0.15) is 0 Å². The van der Waals surface area contributed by atoms with E-state index in [2.05, 4.69) is 11.9 Å². The van der Waals surface area contributed by atoms with Crippen molar-refractivity contribution in [1.82, 2.24) is 14.8 Å². The minimum Gasteiger partial charge on any atom is -0.366 e. The van der Waals surface area contributed by atoms with Gasteiger partial charge in [-0.3, -0.25) is 29.6 Å². The summed E-state index contributed by atoms with van der Waals surface area (Å²) in [5.74, 6) is -0.121. The molecule has 3 heterocycles. The molecule has 0 unspecified atom stereocenters. The summed E-state index contributed by atoms with van der Waals surface area (Å²) in [6.07, 6.45) is 5.14. The highest BCUT2D eigenvalue weighted by Gasteiger charge is 2.42. The van der Waals surface area contributed by atoms with Crippen molar-refractivity contribution < 1.29 is 14.5 Å². The van der Waals surface area contributed by atoms with Crippen LogP contribution in [0.5, 0.6) is 0 Å². The van der Waals surface area contributed by atoms with Gasteiger partial charge in [0.2, 0.25) is 0 Å². The third-order valence-corrected chi connectivity index (χ3v) is 5.70. The van der Waals surface area contributed by atoms with Gasteiger partial charge in [0.05, 0.1) is 17.0 Å². The van der Waals surface area contributed by atoms with E-state index in [-0.39, 0.29) is 24.0 Å². The number of piperidine rings is 1. The lowest BCUT2D eigenvalue weighted by atomic mass is 9.97. The normalized spacial score (nSPS) is 17.8. The topological polar surface area (TPSA) is 96.7 Å². The molecule has 0 saturated carbocycles. The fraction of sp³-hybridized carbons (Fsp3) is 0.318.